The van der Waals surface area contributed by atoms with E-state index in [1.807, 2.05) is 38.1 Å². The van der Waals surface area contributed by atoms with Crippen molar-refractivity contribution >= 4 is 5.91 Å². The van der Waals surface area contributed by atoms with Gasteiger partial charge in [-0.15, -0.1) is 0 Å². The van der Waals surface area contributed by atoms with E-state index in [0.717, 1.165) is 17.7 Å². The molecule has 0 saturated heterocycles. The third-order valence-corrected chi connectivity index (χ3v) is 3.20. The van der Waals surface area contributed by atoms with E-state index in [0.29, 0.717) is 13.0 Å². The average Bonchev–Trinajstić information content (AvgIpc) is 2.39. The summed E-state index contributed by atoms with van der Waals surface area (Å²) in [7, 11) is 1.62. The maximum atomic E-state index is 11.9. The van der Waals surface area contributed by atoms with Crippen LogP contribution in [0, 0.1) is 0 Å². The van der Waals surface area contributed by atoms with E-state index in [4.69, 9.17) is 10.5 Å². The number of nitrogens with one attached hydrogen (secondary N) is 1. The van der Waals surface area contributed by atoms with Crippen LogP contribution < -0.4 is 15.8 Å². The lowest BCUT2D eigenvalue weighted by Gasteiger charge is -2.27. The fourth-order valence-electron chi connectivity index (χ4n) is 1.59. The molecule has 1 unspecified atom stereocenters. The van der Waals surface area contributed by atoms with Crippen LogP contribution in [0.5, 0.6) is 5.75 Å². The molecule has 100 valence electrons. The molecule has 1 atom stereocenters. The fourth-order valence-corrected chi connectivity index (χ4v) is 1.59. The highest BCUT2D eigenvalue weighted by Gasteiger charge is 2.22. The minimum atomic E-state index is -0.316. The highest BCUT2D eigenvalue weighted by Crippen LogP contribution is 2.12. The standard InChI is InChI=1S/C14H22N2O2/c1-4-14(2,10-15)16-13(17)9-11-5-7-12(18-3)8-6-11/h5-8H,4,9-10,15H2,1-3H3,(H,16,17). The van der Waals surface area contributed by atoms with Gasteiger partial charge in [0.1, 0.15) is 5.75 Å². The van der Waals surface area contributed by atoms with Crippen LogP contribution in [0.4, 0.5) is 0 Å². The summed E-state index contributed by atoms with van der Waals surface area (Å²) in [6, 6.07) is 7.49. The quantitative estimate of drug-likeness (QED) is 0.804. The monoisotopic (exact) mass is 250 g/mol. The van der Waals surface area contributed by atoms with E-state index in [2.05, 4.69) is 5.32 Å². The molecule has 0 saturated carbocycles. The Morgan fingerprint density at radius 3 is 2.44 bits per heavy atom. The molecule has 4 heteroatoms. The van der Waals surface area contributed by atoms with Crippen molar-refractivity contribution < 1.29 is 9.53 Å². The summed E-state index contributed by atoms with van der Waals surface area (Å²) < 4.78 is 5.07. The highest BCUT2D eigenvalue weighted by molar-refractivity contribution is 5.79. The number of methoxy groups -OCH3 is 1. The average molecular weight is 250 g/mol. The number of carbonyl (C=O) groups excluding carboxylic acids is 1. The summed E-state index contributed by atoms with van der Waals surface area (Å²) in [5.74, 6) is 0.787. The summed E-state index contributed by atoms with van der Waals surface area (Å²) in [6.07, 6.45) is 1.18. The molecule has 0 radical (unpaired) electrons. The van der Waals surface area contributed by atoms with Crippen LogP contribution in [0.1, 0.15) is 25.8 Å². The molecule has 1 rings (SSSR count). The van der Waals surface area contributed by atoms with Crippen molar-refractivity contribution in [3.63, 3.8) is 0 Å². The Morgan fingerprint density at radius 2 is 2.00 bits per heavy atom. The van der Waals surface area contributed by atoms with Crippen LogP contribution in [-0.4, -0.2) is 25.1 Å². The molecule has 0 aliphatic carbocycles. The zero-order valence-corrected chi connectivity index (χ0v) is 11.3. The number of carbonyl (C=O) groups is 1. The summed E-state index contributed by atoms with van der Waals surface area (Å²) in [5, 5.41) is 2.97. The van der Waals surface area contributed by atoms with Crippen molar-refractivity contribution in [2.75, 3.05) is 13.7 Å². The molecule has 0 heterocycles. The van der Waals surface area contributed by atoms with Crippen molar-refractivity contribution in [1.82, 2.24) is 5.32 Å². The number of hydrogen-bond donors (Lipinski definition) is 2. The van der Waals surface area contributed by atoms with Crippen LogP contribution in [0.25, 0.3) is 0 Å². The first-order chi connectivity index (χ1) is 8.53. The molecule has 4 nitrogen and oxygen atoms in total. The highest BCUT2D eigenvalue weighted by atomic mass is 16.5. The minimum absolute atomic E-state index is 0.00466. The van der Waals surface area contributed by atoms with Gasteiger partial charge in [0.05, 0.1) is 13.5 Å². The van der Waals surface area contributed by atoms with Crippen LogP contribution in [0.2, 0.25) is 0 Å². The topological polar surface area (TPSA) is 64.3 Å². The predicted octanol–water partition coefficient (Wildman–Crippen LogP) is 1.48. The third-order valence-electron chi connectivity index (χ3n) is 3.20. The Hall–Kier alpha value is -1.55. The van der Waals surface area contributed by atoms with E-state index < -0.39 is 0 Å². The Balaban J connectivity index is 2.58. The van der Waals surface area contributed by atoms with Gasteiger partial charge in [-0.1, -0.05) is 19.1 Å². The van der Waals surface area contributed by atoms with Gasteiger partial charge in [0.2, 0.25) is 5.91 Å². The van der Waals surface area contributed by atoms with E-state index in [1.165, 1.54) is 0 Å². The molecule has 0 aliphatic heterocycles. The van der Waals surface area contributed by atoms with Crippen molar-refractivity contribution in [1.29, 1.82) is 0 Å². The molecule has 0 aromatic heterocycles. The zero-order chi connectivity index (χ0) is 13.6. The SMILES string of the molecule is CCC(C)(CN)NC(=O)Cc1ccc(OC)cc1. The van der Waals surface area contributed by atoms with Crippen LogP contribution in [-0.2, 0) is 11.2 Å². The zero-order valence-electron chi connectivity index (χ0n) is 11.3. The van der Waals surface area contributed by atoms with Crippen molar-refractivity contribution in [3.8, 4) is 5.75 Å². The summed E-state index contributed by atoms with van der Waals surface area (Å²) in [5.41, 5.74) is 6.31. The molecule has 1 aromatic rings. The van der Waals surface area contributed by atoms with Crippen LogP contribution >= 0.6 is 0 Å². The third kappa shape index (κ3) is 4.04. The van der Waals surface area contributed by atoms with Gasteiger partial charge >= 0.3 is 0 Å². The Kier molecular flexibility index (Phi) is 5.16. The van der Waals surface area contributed by atoms with Crippen molar-refractivity contribution in [2.24, 2.45) is 5.73 Å². The normalized spacial score (nSPS) is 13.8. The van der Waals surface area contributed by atoms with E-state index in [-0.39, 0.29) is 11.4 Å². The summed E-state index contributed by atoms with van der Waals surface area (Å²) in [4.78, 5) is 11.9. The van der Waals surface area contributed by atoms with Gasteiger partial charge in [-0.3, -0.25) is 4.79 Å². The Morgan fingerprint density at radius 1 is 1.39 bits per heavy atom. The lowest BCUT2D eigenvalue weighted by molar-refractivity contribution is -0.122. The van der Waals surface area contributed by atoms with Crippen molar-refractivity contribution in [2.45, 2.75) is 32.2 Å². The molecule has 0 aliphatic rings. The maximum absolute atomic E-state index is 11.9. The number of nitrogens with two attached hydrogens (primary N) is 1. The molecule has 18 heavy (non-hydrogen) atoms. The first-order valence-corrected chi connectivity index (χ1v) is 6.17. The first-order valence-electron chi connectivity index (χ1n) is 6.17. The van der Waals surface area contributed by atoms with Crippen LogP contribution in [0.15, 0.2) is 24.3 Å². The van der Waals surface area contributed by atoms with Gasteiger partial charge in [0.25, 0.3) is 0 Å². The molecular formula is C14H22N2O2. The van der Waals surface area contributed by atoms with Gasteiger partial charge in [0.15, 0.2) is 0 Å². The number of amides is 1. The van der Waals surface area contributed by atoms with Gasteiger partial charge in [0, 0.05) is 12.1 Å². The Bertz CT molecular complexity index is 383. The second-order valence-electron chi connectivity index (χ2n) is 4.69. The molecule has 1 amide bonds. The molecule has 0 fully saturated rings. The summed E-state index contributed by atoms with van der Waals surface area (Å²) >= 11 is 0. The van der Waals surface area contributed by atoms with E-state index in [1.54, 1.807) is 7.11 Å². The van der Waals surface area contributed by atoms with Gasteiger partial charge < -0.3 is 15.8 Å². The first kappa shape index (κ1) is 14.5. The fraction of sp³-hybridized carbons (Fsp3) is 0.500. The lowest BCUT2D eigenvalue weighted by Crippen LogP contribution is -2.51. The molecule has 1 aromatic carbocycles. The number of hydrogen-bond acceptors (Lipinski definition) is 3. The second-order valence-corrected chi connectivity index (χ2v) is 4.69. The maximum Gasteiger partial charge on any atom is 0.224 e. The minimum Gasteiger partial charge on any atom is -0.497 e. The molecular weight excluding hydrogens is 228 g/mol. The molecule has 0 bridgehead atoms. The lowest BCUT2D eigenvalue weighted by atomic mass is 9.98. The molecule has 3 N–H and O–H groups in total. The number of benzene rings is 1. The number of rotatable bonds is 6. The van der Waals surface area contributed by atoms with Crippen molar-refractivity contribution in [3.05, 3.63) is 29.8 Å². The van der Waals surface area contributed by atoms with Crippen LogP contribution in [0.3, 0.4) is 0 Å². The predicted molar refractivity (Wildman–Crippen MR) is 72.6 cm³/mol. The smallest absolute Gasteiger partial charge is 0.224 e. The Labute approximate surface area is 109 Å². The second kappa shape index (κ2) is 6.40. The van der Waals surface area contributed by atoms with Gasteiger partial charge in [-0.25, -0.2) is 0 Å². The van der Waals surface area contributed by atoms with Gasteiger partial charge in [-0.2, -0.15) is 0 Å². The largest absolute Gasteiger partial charge is 0.497 e. The summed E-state index contributed by atoms with van der Waals surface area (Å²) in [6.45, 7) is 4.41. The van der Waals surface area contributed by atoms with E-state index in [9.17, 15) is 4.79 Å². The molecule has 0 spiro atoms. The van der Waals surface area contributed by atoms with E-state index >= 15 is 0 Å². The van der Waals surface area contributed by atoms with Gasteiger partial charge in [-0.05, 0) is 31.0 Å². The number of ether oxygens (including phenoxy) is 1.